The van der Waals surface area contributed by atoms with Crippen molar-refractivity contribution in [3.63, 3.8) is 0 Å². The summed E-state index contributed by atoms with van der Waals surface area (Å²) in [7, 11) is 0. The second-order valence-electron chi connectivity index (χ2n) is 6.00. The normalized spacial score (nSPS) is 17.6. The SMILES string of the molecule is CCc1ccc(C(=C[C@H]2CCC(=O)N2)c2ccc(Cl)c(=O)[nH]2)cc1Cl. The van der Waals surface area contributed by atoms with Gasteiger partial charge in [-0.15, -0.1) is 0 Å². The lowest BCUT2D eigenvalue weighted by Crippen LogP contribution is -2.23. The van der Waals surface area contributed by atoms with E-state index in [1.807, 2.05) is 31.2 Å². The Labute approximate surface area is 155 Å². The second-order valence-corrected chi connectivity index (χ2v) is 6.82. The molecule has 2 aromatic rings. The summed E-state index contributed by atoms with van der Waals surface area (Å²) in [4.78, 5) is 26.2. The van der Waals surface area contributed by atoms with Crippen molar-refractivity contribution in [3.8, 4) is 0 Å². The number of rotatable bonds is 4. The molecule has 2 heterocycles. The van der Waals surface area contributed by atoms with Gasteiger partial charge in [0, 0.05) is 28.8 Å². The van der Waals surface area contributed by atoms with Crippen LogP contribution in [-0.4, -0.2) is 16.9 Å². The van der Waals surface area contributed by atoms with Crippen molar-refractivity contribution in [2.45, 2.75) is 32.2 Å². The lowest BCUT2D eigenvalue weighted by molar-refractivity contribution is -0.119. The Morgan fingerprint density at radius 3 is 2.60 bits per heavy atom. The summed E-state index contributed by atoms with van der Waals surface area (Å²) in [5.74, 6) is 0.0320. The van der Waals surface area contributed by atoms with Crippen LogP contribution in [0.4, 0.5) is 0 Å². The molecule has 0 unspecified atom stereocenters. The first-order valence-corrected chi connectivity index (χ1v) is 8.92. The molecule has 1 aromatic heterocycles. The standard InChI is InChI=1S/C19H18Cl2N2O2/c1-2-11-3-4-12(9-16(11)21)14(10-13-5-8-18(24)22-13)17-7-6-15(20)19(25)23-17/h3-4,6-7,9-10,13H,2,5,8H2,1H3,(H,22,24)(H,23,25)/t13-/m1/s1. The third-order valence-corrected chi connectivity index (χ3v) is 4.94. The van der Waals surface area contributed by atoms with Gasteiger partial charge in [0.2, 0.25) is 5.91 Å². The number of aromatic amines is 1. The number of pyridine rings is 1. The van der Waals surface area contributed by atoms with Gasteiger partial charge in [0.25, 0.3) is 5.56 Å². The number of nitrogens with one attached hydrogen (secondary N) is 2. The number of aryl methyl sites for hydroxylation is 1. The molecular weight excluding hydrogens is 359 g/mol. The van der Waals surface area contributed by atoms with Gasteiger partial charge in [0.1, 0.15) is 5.02 Å². The monoisotopic (exact) mass is 376 g/mol. The van der Waals surface area contributed by atoms with Gasteiger partial charge in [-0.05, 0) is 42.2 Å². The zero-order chi connectivity index (χ0) is 18.0. The predicted molar refractivity (Wildman–Crippen MR) is 101 cm³/mol. The van der Waals surface area contributed by atoms with Crippen molar-refractivity contribution in [1.29, 1.82) is 0 Å². The van der Waals surface area contributed by atoms with Crippen LogP contribution in [0.25, 0.3) is 5.57 Å². The maximum Gasteiger partial charge on any atom is 0.267 e. The minimum atomic E-state index is -0.350. The molecule has 6 heteroatoms. The Kier molecular flexibility index (Phi) is 5.30. The lowest BCUT2D eigenvalue weighted by Gasteiger charge is -2.13. The molecule has 4 nitrogen and oxygen atoms in total. The van der Waals surface area contributed by atoms with Crippen LogP contribution in [-0.2, 0) is 11.2 Å². The molecule has 0 radical (unpaired) electrons. The van der Waals surface area contributed by atoms with E-state index in [2.05, 4.69) is 10.3 Å². The predicted octanol–water partition coefficient (Wildman–Crippen LogP) is 3.95. The van der Waals surface area contributed by atoms with Gasteiger partial charge in [0.15, 0.2) is 0 Å². The Balaban J connectivity index is 2.09. The molecule has 3 rings (SSSR count). The van der Waals surface area contributed by atoms with Gasteiger partial charge in [-0.2, -0.15) is 0 Å². The summed E-state index contributed by atoms with van der Waals surface area (Å²) in [6.45, 7) is 2.04. The van der Waals surface area contributed by atoms with Crippen molar-refractivity contribution in [3.05, 3.63) is 73.6 Å². The number of hydrogen-bond donors (Lipinski definition) is 2. The summed E-state index contributed by atoms with van der Waals surface area (Å²) in [6, 6.07) is 9.08. The van der Waals surface area contributed by atoms with E-state index in [1.54, 1.807) is 12.1 Å². The largest absolute Gasteiger partial charge is 0.350 e. The first-order chi connectivity index (χ1) is 12.0. The molecule has 1 atom stereocenters. The first kappa shape index (κ1) is 17.8. The highest BCUT2D eigenvalue weighted by Gasteiger charge is 2.20. The van der Waals surface area contributed by atoms with E-state index in [9.17, 15) is 9.59 Å². The third kappa shape index (κ3) is 3.97. The van der Waals surface area contributed by atoms with Crippen LogP contribution in [0.5, 0.6) is 0 Å². The number of halogens is 2. The van der Waals surface area contributed by atoms with E-state index >= 15 is 0 Å². The maximum atomic E-state index is 11.9. The smallest absolute Gasteiger partial charge is 0.267 e. The molecule has 25 heavy (non-hydrogen) atoms. The Bertz CT molecular complexity index is 903. The van der Waals surface area contributed by atoms with Crippen LogP contribution < -0.4 is 10.9 Å². The van der Waals surface area contributed by atoms with Crippen molar-refractivity contribution in [2.75, 3.05) is 0 Å². The highest BCUT2D eigenvalue weighted by molar-refractivity contribution is 6.31. The van der Waals surface area contributed by atoms with E-state index in [1.165, 1.54) is 0 Å². The molecule has 0 aliphatic carbocycles. The topological polar surface area (TPSA) is 62.0 Å². The zero-order valence-electron chi connectivity index (χ0n) is 13.7. The maximum absolute atomic E-state index is 11.9. The van der Waals surface area contributed by atoms with Crippen LogP contribution in [0.15, 0.2) is 41.2 Å². The minimum absolute atomic E-state index is 0.0320. The summed E-state index contributed by atoms with van der Waals surface area (Å²) in [5, 5.41) is 3.73. The van der Waals surface area contributed by atoms with Crippen LogP contribution in [0, 0.1) is 0 Å². The highest BCUT2D eigenvalue weighted by Crippen LogP contribution is 2.28. The molecule has 1 aliphatic heterocycles. The van der Waals surface area contributed by atoms with Crippen LogP contribution in [0.1, 0.15) is 36.6 Å². The minimum Gasteiger partial charge on any atom is -0.350 e. The van der Waals surface area contributed by atoms with E-state index < -0.39 is 0 Å². The number of carbonyl (C=O) groups is 1. The molecule has 1 amide bonds. The fourth-order valence-electron chi connectivity index (χ4n) is 2.92. The van der Waals surface area contributed by atoms with Gasteiger partial charge in [-0.1, -0.05) is 48.3 Å². The fraction of sp³-hybridized carbons (Fsp3) is 0.263. The van der Waals surface area contributed by atoms with Gasteiger partial charge in [-0.3, -0.25) is 9.59 Å². The second kappa shape index (κ2) is 7.46. The van der Waals surface area contributed by atoms with E-state index in [0.717, 1.165) is 29.5 Å². The summed E-state index contributed by atoms with van der Waals surface area (Å²) >= 11 is 12.2. The van der Waals surface area contributed by atoms with Crippen molar-refractivity contribution in [2.24, 2.45) is 0 Å². The lowest BCUT2D eigenvalue weighted by atomic mass is 9.97. The molecule has 1 fully saturated rings. The fourth-order valence-corrected chi connectivity index (χ4v) is 3.34. The summed E-state index contributed by atoms with van der Waals surface area (Å²) in [6.07, 6.45) is 4.03. The highest BCUT2D eigenvalue weighted by atomic mass is 35.5. The molecule has 0 spiro atoms. The van der Waals surface area contributed by atoms with E-state index in [4.69, 9.17) is 23.2 Å². The third-order valence-electron chi connectivity index (χ3n) is 4.29. The van der Waals surface area contributed by atoms with Crippen LogP contribution in [0.3, 0.4) is 0 Å². The summed E-state index contributed by atoms with van der Waals surface area (Å²) < 4.78 is 0. The number of H-pyrrole nitrogens is 1. The number of hydrogen-bond acceptors (Lipinski definition) is 2. The molecule has 1 aromatic carbocycles. The average molecular weight is 377 g/mol. The van der Waals surface area contributed by atoms with Crippen molar-refractivity contribution in [1.82, 2.24) is 10.3 Å². The average Bonchev–Trinajstić information content (AvgIpc) is 3.00. The molecule has 0 saturated carbocycles. The zero-order valence-corrected chi connectivity index (χ0v) is 15.2. The van der Waals surface area contributed by atoms with E-state index in [-0.39, 0.29) is 22.5 Å². The Hall–Kier alpha value is -2.04. The first-order valence-electron chi connectivity index (χ1n) is 8.17. The van der Waals surface area contributed by atoms with Gasteiger partial charge in [0.05, 0.1) is 0 Å². The molecule has 130 valence electrons. The Morgan fingerprint density at radius 1 is 1.20 bits per heavy atom. The number of aromatic nitrogens is 1. The molecular formula is C19H18Cl2N2O2. The van der Waals surface area contributed by atoms with Gasteiger partial charge in [-0.25, -0.2) is 0 Å². The molecule has 1 saturated heterocycles. The van der Waals surface area contributed by atoms with Crippen molar-refractivity contribution < 1.29 is 4.79 Å². The summed E-state index contributed by atoms with van der Waals surface area (Å²) in [5.41, 5.74) is 3.03. The molecule has 0 bridgehead atoms. The van der Waals surface area contributed by atoms with Gasteiger partial charge >= 0.3 is 0 Å². The number of carbonyl (C=O) groups excluding carboxylic acids is 1. The Morgan fingerprint density at radius 2 is 2.00 bits per heavy atom. The molecule has 1 aliphatic rings. The number of amides is 1. The van der Waals surface area contributed by atoms with Crippen LogP contribution in [0.2, 0.25) is 10.0 Å². The van der Waals surface area contributed by atoms with Crippen LogP contribution >= 0.6 is 23.2 Å². The van der Waals surface area contributed by atoms with Crippen molar-refractivity contribution >= 4 is 34.7 Å². The van der Waals surface area contributed by atoms with E-state index in [0.29, 0.717) is 17.1 Å². The number of benzene rings is 1. The quantitative estimate of drug-likeness (QED) is 0.848. The molecule has 2 N–H and O–H groups in total. The van der Waals surface area contributed by atoms with Gasteiger partial charge < -0.3 is 10.3 Å².